The smallest absolute Gasteiger partial charge is 0.287 e. The third-order valence-electron chi connectivity index (χ3n) is 2.82. The van der Waals surface area contributed by atoms with E-state index in [1.807, 2.05) is 0 Å². The molecular formula is C12H11NO4S. The maximum absolute atomic E-state index is 10.8. The molecule has 1 aromatic heterocycles. The summed E-state index contributed by atoms with van der Waals surface area (Å²) in [7, 11) is 0. The quantitative estimate of drug-likeness (QED) is 0.517. The number of rotatable bonds is 3. The molecule has 0 amide bonds. The molecule has 0 aromatic carbocycles. The molecule has 1 aliphatic carbocycles. The molecule has 0 aliphatic heterocycles. The Labute approximate surface area is 107 Å². The number of aldehydes is 1. The van der Waals surface area contributed by atoms with Crippen LogP contribution < -0.4 is 0 Å². The first kappa shape index (κ1) is 12.5. The normalized spacial score (nSPS) is 18.1. The van der Waals surface area contributed by atoms with Crippen LogP contribution >= 0.6 is 11.3 Å². The number of thiophene rings is 1. The van der Waals surface area contributed by atoms with Gasteiger partial charge in [0.2, 0.25) is 0 Å². The number of carbonyl (C=O) groups is 1. The average molecular weight is 265 g/mol. The number of hydrogen-bond acceptors (Lipinski definition) is 5. The average Bonchev–Trinajstić information content (AvgIpc) is 2.78. The van der Waals surface area contributed by atoms with Gasteiger partial charge in [0.05, 0.1) is 9.80 Å². The Morgan fingerprint density at radius 2 is 2.22 bits per heavy atom. The van der Waals surface area contributed by atoms with E-state index >= 15 is 0 Å². The number of aliphatic hydroxyl groups is 1. The first-order valence-electron chi connectivity index (χ1n) is 5.43. The molecule has 0 spiro atoms. The summed E-state index contributed by atoms with van der Waals surface area (Å²) in [5.41, 5.74) is 1.07. The molecule has 18 heavy (non-hydrogen) atoms. The van der Waals surface area contributed by atoms with Crippen LogP contribution in [0.4, 0.5) is 0 Å². The van der Waals surface area contributed by atoms with E-state index in [0.717, 1.165) is 6.29 Å². The summed E-state index contributed by atoms with van der Waals surface area (Å²) in [5.74, 6) is -0.255. The molecule has 1 aliphatic rings. The highest BCUT2D eigenvalue weighted by atomic mass is 32.1. The summed E-state index contributed by atoms with van der Waals surface area (Å²) >= 11 is 1.30. The second kappa shape index (κ2) is 5.14. The van der Waals surface area contributed by atoms with Gasteiger partial charge in [0.1, 0.15) is 0 Å². The number of nitrogens with zero attached hydrogens (tertiary/aromatic N) is 1. The van der Waals surface area contributed by atoms with Crippen molar-refractivity contribution in [3.8, 4) is 0 Å². The fourth-order valence-corrected chi connectivity index (χ4v) is 2.60. The summed E-state index contributed by atoms with van der Waals surface area (Å²) in [6.45, 7) is 0. The van der Waals surface area contributed by atoms with Gasteiger partial charge >= 0.3 is 0 Å². The second-order valence-corrected chi connectivity index (χ2v) is 4.88. The predicted molar refractivity (Wildman–Crippen MR) is 68.2 cm³/mol. The van der Waals surface area contributed by atoms with Crippen molar-refractivity contribution in [3.05, 3.63) is 49.0 Å². The highest BCUT2D eigenvalue weighted by Gasteiger charge is 2.25. The molecule has 0 unspecified atom stereocenters. The summed E-state index contributed by atoms with van der Waals surface area (Å²) in [6, 6.07) is 1.76. The van der Waals surface area contributed by atoms with Gasteiger partial charge in [-0.25, -0.2) is 0 Å². The molecule has 94 valence electrons. The van der Waals surface area contributed by atoms with Gasteiger partial charge in [0, 0.05) is 12.0 Å². The summed E-state index contributed by atoms with van der Waals surface area (Å²) in [5, 5.41) is 22.4. The molecule has 2 rings (SSSR count). The van der Waals surface area contributed by atoms with E-state index in [9.17, 15) is 20.0 Å². The van der Waals surface area contributed by atoms with Gasteiger partial charge in [0.15, 0.2) is 12.0 Å². The largest absolute Gasteiger partial charge is 0.502 e. The summed E-state index contributed by atoms with van der Waals surface area (Å²) < 4.78 is 0. The fourth-order valence-electron chi connectivity index (χ4n) is 1.92. The molecule has 0 saturated carbocycles. The fraction of sp³-hybridized carbons (Fsp3) is 0.250. The molecule has 0 atom stereocenters. The first-order valence-corrected chi connectivity index (χ1v) is 6.31. The third-order valence-corrected chi connectivity index (χ3v) is 3.68. The SMILES string of the molecule is O=Cc1sccc1/C=C1\CCCC([N+](=O)[O-])=C1O. The van der Waals surface area contributed by atoms with Crippen LogP contribution in [0.25, 0.3) is 6.08 Å². The zero-order chi connectivity index (χ0) is 13.1. The van der Waals surface area contributed by atoms with Gasteiger partial charge in [-0.2, -0.15) is 0 Å². The van der Waals surface area contributed by atoms with Crippen molar-refractivity contribution in [2.24, 2.45) is 0 Å². The number of allylic oxidation sites excluding steroid dienone is 2. The van der Waals surface area contributed by atoms with Crippen LogP contribution in [0.3, 0.4) is 0 Å². The molecule has 5 nitrogen and oxygen atoms in total. The lowest BCUT2D eigenvalue weighted by Crippen LogP contribution is -2.10. The van der Waals surface area contributed by atoms with Crippen molar-refractivity contribution < 1.29 is 14.8 Å². The predicted octanol–water partition coefficient (Wildman–Crippen LogP) is 3.17. The molecule has 0 radical (unpaired) electrons. The number of aliphatic hydroxyl groups excluding tert-OH is 1. The Kier molecular flexibility index (Phi) is 3.57. The van der Waals surface area contributed by atoms with Crippen LogP contribution in [0.2, 0.25) is 0 Å². The van der Waals surface area contributed by atoms with E-state index in [1.165, 1.54) is 11.3 Å². The van der Waals surface area contributed by atoms with Crippen LogP contribution in [0.15, 0.2) is 28.5 Å². The van der Waals surface area contributed by atoms with Crippen molar-refractivity contribution in [1.82, 2.24) is 0 Å². The molecule has 1 aromatic rings. The van der Waals surface area contributed by atoms with Crippen LogP contribution in [-0.2, 0) is 0 Å². The molecule has 0 saturated heterocycles. The van der Waals surface area contributed by atoms with E-state index in [0.29, 0.717) is 28.9 Å². The summed E-state index contributed by atoms with van der Waals surface area (Å²) in [4.78, 5) is 21.5. The summed E-state index contributed by atoms with van der Waals surface area (Å²) in [6.07, 6.45) is 3.89. The van der Waals surface area contributed by atoms with Crippen molar-refractivity contribution >= 4 is 23.7 Å². The van der Waals surface area contributed by atoms with E-state index in [2.05, 4.69) is 0 Å². The zero-order valence-electron chi connectivity index (χ0n) is 9.46. The van der Waals surface area contributed by atoms with Crippen LogP contribution in [0.1, 0.15) is 34.5 Å². The van der Waals surface area contributed by atoms with Crippen molar-refractivity contribution in [3.63, 3.8) is 0 Å². The van der Waals surface area contributed by atoms with Crippen LogP contribution in [0, 0.1) is 10.1 Å². The number of carbonyl (C=O) groups excluding carboxylic acids is 1. The van der Waals surface area contributed by atoms with Crippen molar-refractivity contribution in [2.45, 2.75) is 19.3 Å². The molecule has 1 N–H and O–H groups in total. The van der Waals surface area contributed by atoms with Crippen molar-refractivity contribution in [2.75, 3.05) is 0 Å². The second-order valence-electron chi connectivity index (χ2n) is 3.93. The topological polar surface area (TPSA) is 80.4 Å². The standard InChI is InChI=1S/C12H11NO4S/c14-7-11-8(4-5-18-11)6-9-2-1-3-10(12(9)15)13(16)17/h4-7,15H,1-3H2/b9-6+. The van der Waals surface area contributed by atoms with E-state index in [4.69, 9.17) is 0 Å². The number of nitro groups is 1. The van der Waals surface area contributed by atoms with Gasteiger partial charge < -0.3 is 5.11 Å². The lowest BCUT2D eigenvalue weighted by molar-refractivity contribution is -0.431. The third kappa shape index (κ3) is 2.33. The van der Waals surface area contributed by atoms with Gasteiger partial charge in [0.25, 0.3) is 5.70 Å². The number of hydrogen-bond donors (Lipinski definition) is 1. The van der Waals surface area contributed by atoms with Gasteiger partial charge in [-0.05, 0) is 35.9 Å². The minimum absolute atomic E-state index is 0.143. The monoisotopic (exact) mass is 265 g/mol. The first-order chi connectivity index (χ1) is 8.63. The Morgan fingerprint density at radius 3 is 2.89 bits per heavy atom. The highest BCUT2D eigenvalue weighted by Crippen LogP contribution is 2.30. The lowest BCUT2D eigenvalue weighted by atomic mass is 9.96. The maximum atomic E-state index is 10.8. The highest BCUT2D eigenvalue weighted by molar-refractivity contribution is 7.11. The van der Waals surface area contributed by atoms with Crippen LogP contribution in [0.5, 0.6) is 0 Å². The van der Waals surface area contributed by atoms with Crippen LogP contribution in [-0.4, -0.2) is 16.3 Å². The minimum atomic E-state index is -0.545. The molecule has 0 bridgehead atoms. The van der Waals surface area contributed by atoms with E-state index in [-0.39, 0.29) is 17.9 Å². The van der Waals surface area contributed by atoms with Crippen molar-refractivity contribution in [1.29, 1.82) is 0 Å². The zero-order valence-corrected chi connectivity index (χ0v) is 10.3. The van der Waals surface area contributed by atoms with Gasteiger partial charge in [-0.1, -0.05) is 0 Å². The Morgan fingerprint density at radius 1 is 1.44 bits per heavy atom. The Bertz CT molecular complexity index is 556. The van der Waals surface area contributed by atoms with E-state index < -0.39 is 4.92 Å². The van der Waals surface area contributed by atoms with Gasteiger partial charge in [-0.15, -0.1) is 11.3 Å². The molecule has 0 fully saturated rings. The van der Waals surface area contributed by atoms with Gasteiger partial charge in [-0.3, -0.25) is 14.9 Å². The lowest BCUT2D eigenvalue weighted by Gasteiger charge is -2.12. The Balaban J connectivity index is 2.42. The maximum Gasteiger partial charge on any atom is 0.287 e. The minimum Gasteiger partial charge on any atom is -0.502 e. The molecule has 6 heteroatoms. The molecular weight excluding hydrogens is 254 g/mol. The van der Waals surface area contributed by atoms with E-state index in [1.54, 1.807) is 17.5 Å². The molecule has 1 heterocycles. The Hall–Kier alpha value is -1.95.